The summed E-state index contributed by atoms with van der Waals surface area (Å²) < 4.78 is 7.20. The number of hydrogen-bond acceptors (Lipinski definition) is 8. The molecule has 1 aliphatic carbocycles. The SMILES string of the molecule is C.CN(C)c1cc(-c2cc(Oc3ccc4nc(N[C@@H]5CCCC[C@H]5O)sc4c3)ccn2)ccn1. The van der Waals surface area contributed by atoms with E-state index >= 15 is 0 Å². The molecule has 0 radical (unpaired) electrons. The lowest BCUT2D eigenvalue weighted by Crippen LogP contribution is -2.36. The highest BCUT2D eigenvalue weighted by atomic mass is 32.1. The number of ether oxygens (including phenoxy) is 1. The molecule has 178 valence electrons. The fourth-order valence-corrected chi connectivity index (χ4v) is 5.02. The molecule has 1 aliphatic rings. The van der Waals surface area contributed by atoms with Crippen molar-refractivity contribution >= 4 is 32.5 Å². The zero-order valence-electron chi connectivity index (χ0n) is 18.7. The van der Waals surface area contributed by atoms with E-state index in [1.54, 1.807) is 23.7 Å². The number of fused-ring (bicyclic) bond motifs is 1. The Morgan fingerprint density at radius 1 is 1.00 bits per heavy atom. The molecule has 0 aliphatic heterocycles. The van der Waals surface area contributed by atoms with Gasteiger partial charge in [0.2, 0.25) is 0 Å². The predicted octanol–water partition coefficient (Wildman–Crippen LogP) is 5.96. The number of aliphatic hydroxyl groups excluding tert-OH is 1. The van der Waals surface area contributed by atoms with Crippen molar-refractivity contribution in [3.05, 3.63) is 54.9 Å². The number of hydrogen-bond donors (Lipinski definition) is 2. The molecule has 0 amide bonds. The Bertz CT molecular complexity index is 1260. The molecule has 2 atom stereocenters. The highest BCUT2D eigenvalue weighted by molar-refractivity contribution is 7.22. The summed E-state index contributed by atoms with van der Waals surface area (Å²) in [5.74, 6) is 2.34. The highest BCUT2D eigenvalue weighted by Crippen LogP contribution is 2.33. The first-order valence-corrected chi connectivity index (χ1v) is 12.0. The van der Waals surface area contributed by atoms with Crippen molar-refractivity contribution in [1.82, 2.24) is 15.0 Å². The van der Waals surface area contributed by atoms with E-state index in [0.717, 1.165) is 69.6 Å². The molecule has 1 saturated carbocycles. The largest absolute Gasteiger partial charge is 0.457 e. The van der Waals surface area contributed by atoms with Crippen molar-refractivity contribution in [2.45, 2.75) is 45.3 Å². The number of nitrogens with one attached hydrogen (secondary N) is 1. The van der Waals surface area contributed by atoms with E-state index in [1.807, 2.05) is 61.5 Å². The molecule has 7 nitrogen and oxygen atoms in total. The first-order chi connectivity index (χ1) is 16.0. The van der Waals surface area contributed by atoms with Crippen LogP contribution in [0.2, 0.25) is 0 Å². The van der Waals surface area contributed by atoms with Crippen LogP contribution in [0.25, 0.3) is 21.5 Å². The quantitative estimate of drug-likeness (QED) is 0.354. The number of thiazole rings is 1. The highest BCUT2D eigenvalue weighted by Gasteiger charge is 2.23. The summed E-state index contributed by atoms with van der Waals surface area (Å²) in [4.78, 5) is 15.5. The molecule has 34 heavy (non-hydrogen) atoms. The third kappa shape index (κ3) is 5.29. The molecule has 0 spiro atoms. The topological polar surface area (TPSA) is 83.4 Å². The molecule has 5 rings (SSSR count). The van der Waals surface area contributed by atoms with Crippen LogP contribution in [0.4, 0.5) is 10.9 Å². The van der Waals surface area contributed by atoms with Crippen LogP contribution < -0.4 is 15.0 Å². The van der Waals surface area contributed by atoms with Gasteiger partial charge in [-0.2, -0.15) is 0 Å². The Morgan fingerprint density at radius 2 is 1.79 bits per heavy atom. The second kappa shape index (κ2) is 10.4. The third-order valence-corrected chi connectivity index (χ3v) is 6.81. The summed E-state index contributed by atoms with van der Waals surface area (Å²) in [6.45, 7) is 0. The Hall–Kier alpha value is -3.23. The lowest BCUT2D eigenvalue weighted by molar-refractivity contribution is 0.116. The van der Waals surface area contributed by atoms with E-state index in [4.69, 9.17) is 4.74 Å². The average molecular weight is 478 g/mol. The third-order valence-electron chi connectivity index (χ3n) is 5.86. The first-order valence-electron chi connectivity index (χ1n) is 11.2. The fourth-order valence-electron chi connectivity index (χ4n) is 4.06. The smallest absolute Gasteiger partial charge is 0.184 e. The lowest BCUT2D eigenvalue weighted by atomic mass is 9.93. The van der Waals surface area contributed by atoms with Crippen LogP contribution in [0.5, 0.6) is 11.5 Å². The van der Waals surface area contributed by atoms with Crippen molar-refractivity contribution < 1.29 is 9.84 Å². The molecule has 3 heterocycles. The van der Waals surface area contributed by atoms with E-state index in [0.29, 0.717) is 0 Å². The number of anilines is 2. The number of nitrogens with zero attached hydrogens (tertiary/aromatic N) is 4. The monoisotopic (exact) mass is 477 g/mol. The van der Waals surface area contributed by atoms with Crippen LogP contribution in [-0.4, -0.2) is 46.3 Å². The van der Waals surface area contributed by atoms with Crippen LogP contribution >= 0.6 is 11.3 Å². The van der Waals surface area contributed by atoms with Gasteiger partial charge in [0.15, 0.2) is 5.13 Å². The van der Waals surface area contributed by atoms with Gasteiger partial charge in [0, 0.05) is 44.2 Å². The molecule has 4 aromatic rings. The Balaban J connectivity index is 0.00000274. The van der Waals surface area contributed by atoms with Crippen molar-refractivity contribution in [2.24, 2.45) is 0 Å². The molecule has 8 heteroatoms. The fraction of sp³-hybridized carbons (Fsp3) is 0.346. The summed E-state index contributed by atoms with van der Waals surface area (Å²) >= 11 is 1.58. The van der Waals surface area contributed by atoms with Gasteiger partial charge in [0.25, 0.3) is 0 Å². The molecular formula is C26H31N5O2S. The molecule has 0 bridgehead atoms. The number of aromatic nitrogens is 3. The van der Waals surface area contributed by atoms with Crippen molar-refractivity contribution in [3.63, 3.8) is 0 Å². The molecule has 1 fully saturated rings. The first kappa shape index (κ1) is 23.9. The zero-order chi connectivity index (χ0) is 22.8. The van der Waals surface area contributed by atoms with E-state index in [2.05, 4.69) is 20.3 Å². The Kier molecular flexibility index (Phi) is 7.29. The zero-order valence-corrected chi connectivity index (χ0v) is 19.5. The van der Waals surface area contributed by atoms with E-state index in [-0.39, 0.29) is 19.6 Å². The predicted molar refractivity (Wildman–Crippen MR) is 140 cm³/mol. The maximum atomic E-state index is 10.2. The van der Waals surface area contributed by atoms with Crippen molar-refractivity contribution in [2.75, 3.05) is 24.3 Å². The minimum absolute atomic E-state index is 0. The minimum atomic E-state index is -0.306. The Morgan fingerprint density at radius 3 is 2.62 bits per heavy atom. The summed E-state index contributed by atoms with van der Waals surface area (Å²) in [5.41, 5.74) is 2.73. The Labute approximate surface area is 204 Å². The summed E-state index contributed by atoms with van der Waals surface area (Å²) in [6.07, 6.45) is 7.29. The van der Waals surface area contributed by atoms with Gasteiger partial charge in [-0.3, -0.25) is 4.98 Å². The average Bonchev–Trinajstić information content (AvgIpc) is 3.22. The number of pyridine rings is 2. The molecular weight excluding hydrogens is 446 g/mol. The lowest BCUT2D eigenvalue weighted by Gasteiger charge is -2.27. The van der Waals surface area contributed by atoms with Gasteiger partial charge in [0.05, 0.1) is 28.1 Å². The second-order valence-corrected chi connectivity index (χ2v) is 9.56. The van der Waals surface area contributed by atoms with Crippen LogP contribution in [0.1, 0.15) is 33.1 Å². The normalized spacial score (nSPS) is 17.7. The minimum Gasteiger partial charge on any atom is -0.457 e. The van der Waals surface area contributed by atoms with Crippen LogP contribution in [0.3, 0.4) is 0 Å². The summed E-state index contributed by atoms with van der Waals surface area (Å²) in [6, 6.07) is 13.7. The van der Waals surface area contributed by atoms with E-state index in [1.165, 1.54) is 0 Å². The maximum Gasteiger partial charge on any atom is 0.184 e. The van der Waals surface area contributed by atoms with Gasteiger partial charge >= 0.3 is 0 Å². The molecule has 2 N–H and O–H groups in total. The van der Waals surface area contributed by atoms with E-state index < -0.39 is 0 Å². The van der Waals surface area contributed by atoms with Crippen LogP contribution in [0, 0.1) is 0 Å². The number of rotatable bonds is 6. The molecule has 1 aromatic carbocycles. The van der Waals surface area contributed by atoms with Gasteiger partial charge in [0.1, 0.15) is 17.3 Å². The molecule has 0 unspecified atom stereocenters. The van der Waals surface area contributed by atoms with Gasteiger partial charge in [-0.15, -0.1) is 0 Å². The van der Waals surface area contributed by atoms with Gasteiger partial charge in [-0.25, -0.2) is 9.97 Å². The number of benzene rings is 1. The van der Waals surface area contributed by atoms with Crippen LogP contribution in [0.15, 0.2) is 54.9 Å². The standard InChI is InChI=1S/C25H27N5O2S.CH4/c1-30(2)24-13-16(9-11-27-24)21-14-18(10-12-26-21)32-17-7-8-20-23(15-17)33-25(29-20)28-19-5-3-4-6-22(19)31;/h7-15,19,22,31H,3-6H2,1-2H3,(H,28,29);1H4/t19-,22-;/m1./s1. The summed E-state index contributed by atoms with van der Waals surface area (Å²) in [7, 11) is 3.93. The van der Waals surface area contributed by atoms with E-state index in [9.17, 15) is 5.11 Å². The van der Waals surface area contributed by atoms with Gasteiger partial charge in [-0.1, -0.05) is 31.6 Å². The summed E-state index contributed by atoms with van der Waals surface area (Å²) in [5, 5.41) is 14.5. The maximum absolute atomic E-state index is 10.2. The number of aliphatic hydroxyl groups is 1. The van der Waals surface area contributed by atoms with Crippen molar-refractivity contribution in [3.8, 4) is 22.8 Å². The van der Waals surface area contributed by atoms with Crippen molar-refractivity contribution in [1.29, 1.82) is 0 Å². The van der Waals surface area contributed by atoms with Gasteiger partial charge in [-0.05, 0) is 43.2 Å². The van der Waals surface area contributed by atoms with Crippen LogP contribution in [-0.2, 0) is 0 Å². The molecule has 3 aromatic heterocycles. The van der Waals surface area contributed by atoms with Gasteiger partial charge < -0.3 is 20.1 Å². The second-order valence-electron chi connectivity index (χ2n) is 8.53. The molecule has 0 saturated heterocycles.